The van der Waals surface area contributed by atoms with Gasteiger partial charge in [-0.2, -0.15) is 0 Å². The first-order chi connectivity index (χ1) is 19.7. The molecule has 0 N–H and O–H groups in total. The average Bonchev–Trinajstić information content (AvgIpc) is 3.01. The molecule has 4 atom stereocenters. The van der Waals surface area contributed by atoms with Gasteiger partial charge in [-0.3, -0.25) is 0 Å². The van der Waals surface area contributed by atoms with E-state index < -0.39 is 6.29 Å². The average molecular weight is 604 g/mol. The normalized spacial score (nSPS) is 20.8. The topological polar surface area (TPSA) is 46.2 Å². The second kappa shape index (κ2) is 15.2. The molecular formula is C34H35BrO5. The van der Waals surface area contributed by atoms with Crippen molar-refractivity contribution in [2.24, 2.45) is 0 Å². The monoisotopic (exact) mass is 602 g/mol. The summed E-state index contributed by atoms with van der Waals surface area (Å²) >= 11 is 3.49. The fraction of sp³-hybridized carbons (Fsp3) is 0.294. The standard InChI is InChI=1S/C34H35BrO5/c35-30-18-16-29(17-19-30)23-38-33-20-31(37-22-27-12-6-2-7-13-27)34(39-24-28-14-8-3-9-15-28)32(40-33)25-36-21-26-10-4-1-5-11-26/h1-19,31-34H,20-25H2/t31-,32-,33+,34+/m1/s1. The highest BCUT2D eigenvalue weighted by atomic mass is 79.9. The maximum Gasteiger partial charge on any atom is 0.161 e. The van der Waals surface area contributed by atoms with E-state index in [-0.39, 0.29) is 18.3 Å². The van der Waals surface area contributed by atoms with Gasteiger partial charge in [0.15, 0.2) is 6.29 Å². The predicted molar refractivity (Wildman–Crippen MR) is 158 cm³/mol. The summed E-state index contributed by atoms with van der Waals surface area (Å²) in [6.07, 6.45) is -0.828. The summed E-state index contributed by atoms with van der Waals surface area (Å²) in [4.78, 5) is 0. The first-order valence-corrected chi connectivity index (χ1v) is 14.5. The maximum atomic E-state index is 6.52. The quantitative estimate of drug-likeness (QED) is 0.159. The van der Waals surface area contributed by atoms with Crippen LogP contribution in [-0.4, -0.2) is 31.2 Å². The molecule has 0 saturated carbocycles. The lowest BCUT2D eigenvalue weighted by atomic mass is 10.0. The van der Waals surface area contributed by atoms with Crippen LogP contribution in [0, 0.1) is 0 Å². The molecule has 5 nitrogen and oxygen atoms in total. The van der Waals surface area contributed by atoms with Crippen molar-refractivity contribution in [3.8, 4) is 0 Å². The van der Waals surface area contributed by atoms with Gasteiger partial charge in [0.1, 0.15) is 12.2 Å². The molecule has 0 aliphatic carbocycles. The van der Waals surface area contributed by atoms with Crippen LogP contribution in [0.4, 0.5) is 0 Å². The van der Waals surface area contributed by atoms with Crippen LogP contribution in [0.2, 0.25) is 0 Å². The van der Waals surface area contributed by atoms with E-state index in [9.17, 15) is 0 Å². The van der Waals surface area contributed by atoms with Crippen LogP contribution in [0.3, 0.4) is 0 Å². The Morgan fingerprint density at radius 2 is 1.07 bits per heavy atom. The highest BCUT2D eigenvalue weighted by molar-refractivity contribution is 9.10. The lowest BCUT2D eigenvalue weighted by molar-refractivity contribution is -0.281. The molecule has 5 rings (SSSR count). The number of hydrogen-bond acceptors (Lipinski definition) is 5. The molecule has 1 fully saturated rings. The molecule has 6 heteroatoms. The van der Waals surface area contributed by atoms with Gasteiger partial charge in [0.05, 0.1) is 39.1 Å². The van der Waals surface area contributed by atoms with E-state index in [0.29, 0.717) is 39.5 Å². The Kier molecular flexibility index (Phi) is 10.9. The lowest BCUT2D eigenvalue weighted by Gasteiger charge is -2.41. The lowest BCUT2D eigenvalue weighted by Crippen LogP contribution is -2.53. The van der Waals surface area contributed by atoms with Crippen molar-refractivity contribution in [2.45, 2.75) is 57.5 Å². The Hall–Kier alpha value is -2.84. The summed E-state index contributed by atoms with van der Waals surface area (Å²) in [5.74, 6) is 0. The zero-order valence-electron chi connectivity index (χ0n) is 22.4. The van der Waals surface area contributed by atoms with Gasteiger partial charge in [0.2, 0.25) is 0 Å². The molecule has 208 valence electrons. The molecule has 40 heavy (non-hydrogen) atoms. The predicted octanol–water partition coefficient (Wildman–Crippen LogP) is 7.47. The fourth-order valence-corrected chi connectivity index (χ4v) is 4.96. The van der Waals surface area contributed by atoms with Crippen LogP contribution in [0.5, 0.6) is 0 Å². The number of hydrogen-bond donors (Lipinski definition) is 0. The maximum absolute atomic E-state index is 6.52. The molecule has 1 heterocycles. The fourth-order valence-electron chi connectivity index (χ4n) is 4.69. The summed E-state index contributed by atoms with van der Waals surface area (Å²) in [5.41, 5.74) is 4.40. The summed E-state index contributed by atoms with van der Waals surface area (Å²) < 4.78 is 33.0. The molecule has 0 bridgehead atoms. The Balaban J connectivity index is 1.30. The third kappa shape index (κ3) is 8.83. The minimum atomic E-state index is -0.452. The van der Waals surface area contributed by atoms with E-state index in [4.69, 9.17) is 23.7 Å². The molecule has 1 aliphatic rings. The first kappa shape index (κ1) is 28.7. The molecule has 0 aromatic heterocycles. The Morgan fingerprint density at radius 1 is 0.575 bits per heavy atom. The van der Waals surface area contributed by atoms with Crippen molar-refractivity contribution < 1.29 is 23.7 Å². The number of rotatable bonds is 13. The molecular weight excluding hydrogens is 568 g/mol. The van der Waals surface area contributed by atoms with Crippen molar-refractivity contribution in [2.75, 3.05) is 6.61 Å². The SMILES string of the molecule is Brc1ccc(CO[C@@H]2C[C@@H](OCc3ccccc3)[C@H](OCc3ccccc3)[C@@H](COCc3ccccc3)O2)cc1. The van der Waals surface area contributed by atoms with Crippen molar-refractivity contribution >= 4 is 15.9 Å². The van der Waals surface area contributed by atoms with Crippen molar-refractivity contribution in [1.82, 2.24) is 0 Å². The van der Waals surface area contributed by atoms with Crippen molar-refractivity contribution in [3.63, 3.8) is 0 Å². The van der Waals surface area contributed by atoms with E-state index in [1.165, 1.54) is 0 Å². The van der Waals surface area contributed by atoms with Gasteiger partial charge in [-0.25, -0.2) is 0 Å². The van der Waals surface area contributed by atoms with E-state index in [0.717, 1.165) is 26.7 Å². The number of benzene rings is 4. The van der Waals surface area contributed by atoms with Crippen LogP contribution >= 0.6 is 15.9 Å². The van der Waals surface area contributed by atoms with Gasteiger partial charge in [-0.05, 0) is 34.4 Å². The Bertz CT molecular complexity index is 1250. The molecule has 0 amide bonds. The largest absolute Gasteiger partial charge is 0.374 e. The van der Waals surface area contributed by atoms with Crippen LogP contribution in [0.15, 0.2) is 120 Å². The summed E-state index contributed by atoms with van der Waals surface area (Å²) in [6.45, 7) is 2.23. The third-order valence-corrected chi connectivity index (χ3v) is 7.35. The van der Waals surface area contributed by atoms with Gasteiger partial charge in [0, 0.05) is 10.9 Å². The summed E-state index contributed by atoms with van der Waals surface area (Å²) in [6, 6.07) is 38.6. The summed E-state index contributed by atoms with van der Waals surface area (Å²) in [7, 11) is 0. The molecule has 4 aromatic rings. The van der Waals surface area contributed by atoms with Gasteiger partial charge >= 0.3 is 0 Å². The van der Waals surface area contributed by atoms with E-state index >= 15 is 0 Å². The van der Waals surface area contributed by atoms with Gasteiger partial charge < -0.3 is 23.7 Å². The Labute approximate surface area is 245 Å². The molecule has 1 aliphatic heterocycles. The van der Waals surface area contributed by atoms with Gasteiger partial charge in [-0.15, -0.1) is 0 Å². The van der Waals surface area contributed by atoms with Crippen molar-refractivity contribution in [3.05, 3.63) is 142 Å². The minimum absolute atomic E-state index is 0.238. The van der Waals surface area contributed by atoms with Crippen LogP contribution < -0.4 is 0 Å². The highest BCUT2D eigenvalue weighted by Gasteiger charge is 2.41. The van der Waals surface area contributed by atoms with Gasteiger partial charge in [0.25, 0.3) is 0 Å². The first-order valence-electron chi connectivity index (χ1n) is 13.7. The molecule has 4 aromatic carbocycles. The smallest absolute Gasteiger partial charge is 0.161 e. The second-order valence-electron chi connectivity index (χ2n) is 9.87. The van der Waals surface area contributed by atoms with E-state index in [1.807, 2.05) is 78.9 Å². The van der Waals surface area contributed by atoms with Crippen molar-refractivity contribution in [1.29, 1.82) is 0 Å². The molecule has 0 radical (unpaired) electrons. The van der Waals surface area contributed by atoms with E-state index in [1.54, 1.807) is 0 Å². The summed E-state index contributed by atoms with van der Waals surface area (Å²) in [5, 5.41) is 0. The molecule has 0 spiro atoms. The molecule has 0 unspecified atom stereocenters. The highest BCUT2D eigenvalue weighted by Crippen LogP contribution is 2.29. The second-order valence-corrected chi connectivity index (χ2v) is 10.8. The third-order valence-electron chi connectivity index (χ3n) is 6.82. The van der Waals surface area contributed by atoms with E-state index in [2.05, 4.69) is 52.3 Å². The zero-order chi connectivity index (χ0) is 27.4. The number of ether oxygens (including phenoxy) is 5. The Morgan fingerprint density at radius 3 is 1.68 bits per heavy atom. The van der Waals surface area contributed by atoms with Crippen LogP contribution in [0.25, 0.3) is 0 Å². The van der Waals surface area contributed by atoms with Crippen LogP contribution in [0.1, 0.15) is 28.7 Å². The van der Waals surface area contributed by atoms with Gasteiger partial charge in [-0.1, -0.05) is 119 Å². The molecule has 1 saturated heterocycles. The minimum Gasteiger partial charge on any atom is -0.374 e. The number of halogens is 1. The van der Waals surface area contributed by atoms with Crippen LogP contribution in [-0.2, 0) is 50.1 Å². The zero-order valence-corrected chi connectivity index (χ0v) is 24.0.